The van der Waals surface area contributed by atoms with Crippen molar-refractivity contribution in [2.45, 2.75) is 6.54 Å². The van der Waals surface area contributed by atoms with E-state index in [1.54, 1.807) is 48.8 Å². The van der Waals surface area contributed by atoms with Gasteiger partial charge in [-0.3, -0.25) is 19.5 Å². The number of carbonyl (C=O) groups excluding carboxylic acids is 2. The summed E-state index contributed by atoms with van der Waals surface area (Å²) in [7, 11) is 0. The highest BCUT2D eigenvalue weighted by Gasteiger charge is 2.35. The smallest absolute Gasteiger partial charge is 0.261 e. The molecule has 8 nitrogen and oxygen atoms in total. The fraction of sp³-hybridized carbons (Fsp3) is 0.0556. The first-order valence-electron chi connectivity index (χ1n) is 8.00. The quantitative estimate of drug-likeness (QED) is 0.385. The minimum absolute atomic E-state index is 0.0463. The third kappa shape index (κ3) is 4.51. The van der Waals surface area contributed by atoms with Crippen LogP contribution < -0.4 is 11.5 Å². The predicted octanol–water partition coefficient (Wildman–Crippen LogP) is 2.58. The van der Waals surface area contributed by atoms with Crippen LogP contribution in [0.25, 0.3) is 0 Å². The molecule has 142 valence electrons. The lowest BCUT2D eigenvalue weighted by molar-refractivity contribution is 0.0640. The number of carbonyl (C=O) groups is 2. The van der Waals surface area contributed by atoms with E-state index in [2.05, 4.69) is 15.0 Å². The largest absolute Gasteiger partial charge is 0.370 e. The zero-order valence-electron chi connectivity index (χ0n) is 14.4. The second kappa shape index (κ2) is 8.59. The van der Waals surface area contributed by atoms with Crippen LogP contribution in [0.15, 0.2) is 59.2 Å². The monoisotopic (exact) mass is 414 g/mol. The van der Waals surface area contributed by atoms with E-state index in [-0.39, 0.29) is 24.3 Å². The molecule has 4 N–H and O–H groups in total. The highest BCUT2D eigenvalue weighted by atomic mass is 35.5. The average molecular weight is 415 g/mol. The molecule has 0 saturated carbocycles. The highest BCUT2D eigenvalue weighted by Crippen LogP contribution is 2.24. The van der Waals surface area contributed by atoms with E-state index < -0.39 is 0 Å². The van der Waals surface area contributed by atoms with Crippen LogP contribution in [0.3, 0.4) is 0 Å². The molecule has 3 heterocycles. The molecule has 2 aromatic heterocycles. The number of halogens is 1. The Balaban J connectivity index is 0.000000211. The number of nitrogens with zero attached hydrogens (tertiary/aromatic N) is 4. The second-order valence-corrected chi connectivity index (χ2v) is 6.87. The predicted molar refractivity (Wildman–Crippen MR) is 107 cm³/mol. The van der Waals surface area contributed by atoms with Gasteiger partial charge in [-0.2, -0.15) is 4.99 Å². The topological polar surface area (TPSA) is 128 Å². The summed E-state index contributed by atoms with van der Waals surface area (Å²) in [4.78, 5) is 37.1. The number of aromatic nitrogens is 2. The maximum absolute atomic E-state index is 12.1. The van der Waals surface area contributed by atoms with Gasteiger partial charge < -0.3 is 11.5 Å². The number of guanidine groups is 1. The lowest BCUT2D eigenvalue weighted by atomic mass is 10.1. The molecular weight excluding hydrogens is 400 g/mol. The zero-order valence-corrected chi connectivity index (χ0v) is 16.0. The Morgan fingerprint density at radius 1 is 1.07 bits per heavy atom. The van der Waals surface area contributed by atoms with E-state index >= 15 is 0 Å². The normalized spacial score (nSPS) is 12.2. The lowest BCUT2D eigenvalue weighted by Crippen LogP contribution is -2.29. The molecule has 28 heavy (non-hydrogen) atoms. The van der Waals surface area contributed by atoms with Crippen LogP contribution in [0.5, 0.6) is 0 Å². The van der Waals surface area contributed by atoms with Gasteiger partial charge in [-0.05, 0) is 24.3 Å². The fourth-order valence-electron chi connectivity index (χ4n) is 2.46. The number of benzene rings is 1. The Kier molecular flexibility index (Phi) is 5.97. The number of rotatable bonds is 3. The van der Waals surface area contributed by atoms with Crippen molar-refractivity contribution >= 4 is 45.8 Å². The van der Waals surface area contributed by atoms with Crippen LogP contribution in [0.2, 0.25) is 5.02 Å². The van der Waals surface area contributed by atoms with Gasteiger partial charge in [0, 0.05) is 22.8 Å². The van der Waals surface area contributed by atoms with Crippen LogP contribution in [0.1, 0.15) is 26.4 Å². The number of imide groups is 1. The summed E-state index contributed by atoms with van der Waals surface area (Å²) < 4.78 is 0. The first-order chi connectivity index (χ1) is 13.5. The van der Waals surface area contributed by atoms with Crippen LogP contribution in [-0.4, -0.2) is 32.6 Å². The molecule has 0 aliphatic carbocycles. The van der Waals surface area contributed by atoms with E-state index in [0.717, 1.165) is 0 Å². The number of fused-ring (bicyclic) bond motifs is 1. The molecule has 0 saturated heterocycles. The molecule has 1 aromatic carbocycles. The summed E-state index contributed by atoms with van der Waals surface area (Å²) in [5, 5.41) is 2.93. The van der Waals surface area contributed by atoms with Gasteiger partial charge >= 0.3 is 0 Å². The van der Waals surface area contributed by atoms with Crippen molar-refractivity contribution in [1.29, 1.82) is 0 Å². The van der Waals surface area contributed by atoms with Crippen LogP contribution in [-0.2, 0) is 6.54 Å². The van der Waals surface area contributed by atoms with Gasteiger partial charge in [-0.25, -0.2) is 4.98 Å². The molecule has 0 spiro atoms. The van der Waals surface area contributed by atoms with E-state index in [0.29, 0.717) is 27.0 Å². The number of nitrogens with two attached hydrogens (primary N) is 2. The summed E-state index contributed by atoms with van der Waals surface area (Å²) in [6.45, 7) is 0.132. The number of aliphatic imine (C=N–C) groups is 1. The lowest BCUT2D eigenvalue weighted by Gasteiger charge is -2.13. The first-order valence-corrected chi connectivity index (χ1v) is 9.26. The number of pyridine rings is 1. The highest BCUT2D eigenvalue weighted by molar-refractivity contribution is 7.13. The molecule has 10 heteroatoms. The Hall–Kier alpha value is -3.30. The van der Waals surface area contributed by atoms with E-state index in [9.17, 15) is 9.59 Å². The molecule has 3 aromatic rings. The zero-order chi connectivity index (χ0) is 20.1. The molecule has 0 radical (unpaired) electrons. The van der Waals surface area contributed by atoms with Gasteiger partial charge in [-0.15, -0.1) is 11.3 Å². The standard InChI is InChI=1S/C14H9ClN2O2.C4H6N4S/c15-9-5-6-16-10(7-9)8-17-13(18)11-3-1-2-4-12(11)14(17)19;5-3(6)8-4-7-1-2-9-4/h1-7H,8H2;1-2H,(H4,5,6,7,8). The fourth-order valence-corrected chi connectivity index (χ4v) is 3.17. The number of hydrogen-bond donors (Lipinski definition) is 2. The molecule has 2 amide bonds. The van der Waals surface area contributed by atoms with E-state index in [4.69, 9.17) is 23.1 Å². The minimum atomic E-state index is -0.289. The number of hydrogen-bond acceptors (Lipinski definition) is 6. The van der Waals surface area contributed by atoms with Gasteiger partial charge in [0.15, 0.2) is 5.96 Å². The molecule has 4 rings (SSSR count). The molecule has 1 aliphatic heterocycles. The second-order valence-electron chi connectivity index (χ2n) is 5.56. The van der Waals surface area contributed by atoms with Crippen molar-refractivity contribution in [3.8, 4) is 0 Å². The van der Waals surface area contributed by atoms with Crippen molar-refractivity contribution in [1.82, 2.24) is 14.9 Å². The Bertz CT molecular complexity index is 999. The molecule has 1 aliphatic rings. The Morgan fingerprint density at radius 3 is 2.29 bits per heavy atom. The van der Waals surface area contributed by atoms with Gasteiger partial charge in [0.25, 0.3) is 11.8 Å². The summed E-state index contributed by atoms with van der Waals surface area (Å²) in [6.07, 6.45) is 3.20. The molecule has 0 bridgehead atoms. The molecule has 0 unspecified atom stereocenters. The van der Waals surface area contributed by atoms with Crippen molar-refractivity contribution in [2.24, 2.45) is 16.5 Å². The minimum Gasteiger partial charge on any atom is -0.370 e. The maximum Gasteiger partial charge on any atom is 0.261 e. The molecule has 0 atom stereocenters. The third-order valence-corrected chi connectivity index (χ3v) is 4.52. The summed E-state index contributed by atoms with van der Waals surface area (Å²) in [5.74, 6) is -0.533. The van der Waals surface area contributed by atoms with Crippen molar-refractivity contribution in [2.75, 3.05) is 0 Å². The summed E-state index contributed by atoms with van der Waals surface area (Å²) in [5.41, 5.74) is 11.6. The van der Waals surface area contributed by atoms with Crippen LogP contribution >= 0.6 is 22.9 Å². The summed E-state index contributed by atoms with van der Waals surface area (Å²) >= 11 is 7.26. The average Bonchev–Trinajstić information content (AvgIpc) is 3.25. The first kappa shape index (κ1) is 19.5. The van der Waals surface area contributed by atoms with Gasteiger partial charge in [0.05, 0.1) is 23.4 Å². The Labute approximate surface area is 169 Å². The maximum atomic E-state index is 12.1. The van der Waals surface area contributed by atoms with Crippen molar-refractivity contribution in [3.63, 3.8) is 0 Å². The number of thiazole rings is 1. The third-order valence-electron chi connectivity index (χ3n) is 3.62. The molecular formula is C18H15ClN6O2S. The van der Waals surface area contributed by atoms with E-state index in [1.165, 1.54) is 16.2 Å². The molecule has 0 fully saturated rings. The van der Waals surface area contributed by atoms with Gasteiger partial charge in [0.1, 0.15) is 0 Å². The Morgan fingerprint density at radius 2 is 1.75 bits per heavy atom. The number of amides is 2. The summed E-state index contributed by atoms with van der Waals surface area (Å²) in [6, 6.07) is 10.1. The van der Waals surface area contributed by atoms with Crippen LogP contribution in [0, 0.1) is 0 Å². The van der Waals surface area contributed by atoms with Gasteiger partial charge in [0.2, 0.25) is 5.13 Å². The van der Waals surface area contributed by atoms with Crippen molar-refractivity contribution in [3.05, 3.63) is 76.0 Å². The van der Waals surface area contributed by atoms with E-state index in [1.807, 2.05) is 5.38 Å². The van der Waals surface area contributed by atoms with Gasteiger partial charge in [-0.1, -0.05) is 23.7 Å². The SMILES string of the molecule is NC(N)=Nc1nccs1.O=C1c2ccccc2C(=O)N1Cc1cc(Cl)ccn1. The van der Waals surface area contributed by atoms with Crippen molar-refractivity contribution < 1.29 is 9.59 Å². The van der Waals surface area contributed by atoms with Crippen LogP contribution in [0.4, 0.5) is 5.13 Å².